The molecule has 9 heteroatoms. The molecule has 2 N–H and O–H groups in total. The van der Waals surface area contributed by atoms with Gasteiger partial charge in [-0.2, -0.15) is 5.10 Å². The quantitative estimate of drug-likeness (QED) is 0.793. The zero-order valence-electron chi connectivity index (χ0n) is 9.34. The van der Waals surface area contributed by atoms with Gasteiger partial charge in [-0.15, -0.1) is 10.2 Å². The summed E-state index contributed by atoms with van der Waals surface area (Å²) < 4.78 is 0. The van der Waals surface area contributed by atoms with Crippen molar-refractivity contribution in [3.63, 3.8) is 0 Å². The second kappa shape index (κ2) is 4.87. The molecule has 2 rings (SSSR count). The van der Waals surface area contributed by atoms with Gasteiger partial charge in [-0.1, -0.05) is 11.3 Å². The Labute approximate surface area is 101 Å². The number of H-pyrrole nitrogens is 1. The first-order chi connectivity index (χ1) is 8.20. The van der Waals surface area contributed by atoms with E-state index in [2.05, 4.69) is 30.7 Å². The summed E-state index contributed by atoms with van der Waals surface area (Å²) in [5.74, 6) is 0.430. The molecule has 0 aliphatic heterocycles. The van der Waals surface area contributed by atoms with Gasteiger partial charge in [-0.3, -0.25) is 9.89 Å². The summed E-state index contributed by atoms with van der Waals surface area (Å²) in [6, 6.07) is 0. The molecule has 0 aromatic carbocycles. The minimum atomic E-state index is -0.194. The molecule has 0 aliphatic rings. The number of aromatic amines is 1. The first-order valence-electron chi connectivity index (χ1n) is 4.81. The number of hydrogen-bond acceptors (Lipinski definition) is 7. The van der Waals surface area contributed by atoms with Crippen LogP contribution < -0.4 is 5.32 Å². The SMILES string of the molecule is CNc1nnc(C(=O)N(C)Cc2ncn[nH]2)s1. The monoisotopic (exact) mass is 253 g/mol. The van der Waals surface area contributed by atoms with Crippen molar-refractivity contribution in [2.45, 2.75) is 6.54 Å². The number of nitrogens with zero attached hydrogens (tertiary/aromatic N) is 5. The van der Waals surface area contributed by atoms with E-state index in [-0.39, 0.29) is 5.91 Å². The van der Waals surface area contributed by atoms with E-state index < -0.39 is 0 Å². The lowest BCUT2D eigenvalue weighted by atomic mass is 10.5. The van der Waals surface area contributed by atoms with Crippen LogP contribution in [0.1, 0.15) is 15.6 Å². The smallest absolute Gasteiger partial charge is 0.285 e. The highest BCUT2D eigenvalue weighted by Gasteiger charge is 2.17. The molecular formula is C8H11N7OS. The van der Waals surface area contributed by atoms with Crippen LogP contribution in [-0.2, 0) is 6.54 Å². The molecule has 2 heterocycles. The van der Waals surface area contributed by atoms with Gasteiger partial charge in [0.25, 0.3) is 5.91 Å². The highest BCUT2D eigenvalue weighted by molar-refractivity contribution is 7.17. The van der Waals surface area contributed by atoms with Gasteiger partial charge < -0.3 is 10.2 Å². The summed E-state index contributed by atoms with van der Waals surface area (Å²) in [6.07, 6.45) is 1.40. The fourth-order valence-corrected chi connectivity index (χ4v) is 1.87. The molecule has 0 bridgehead atoms. The summed E-state index contributed by atoms with van der Waals surface area (Å²) >= 11 is 1.21. The molecular weight excluding hydrogens is 242 g/mol. The molecule has 2 aromatic rings. The number of anilines is 1. The number of aromatic nitrogens is 5. The van der Waals surface area contributed by atoms with Gasteiger partial charge in [0.1, 0.15) is 12.2 Å². The Balaban J connectivity index is 2.04. The van der Waals surface area contributed by atoms with E-state index >= 15 is 0 Å². The van der Waals surface area contributed by atoms with Gasteiger partial charge in [0.05, 0.1) is 6.54 Å². The highest BCUT2D eigenvalue weighted by atomic mass is 32.1. The van der Waals surface area contributed by atoms with E-state index in [0.29, 0.717) is 22.5 Å². The van der Waals surface area contributed by atoms with Crippen molar-refractivity contribution in [1.82, 2.24) is 30.3 Å². The first kappa shape index (κ1) is 11.5. The first-order valence-corrected chi connectivity index (χ1v) is 5.63. The molecule has 0 atom stereocenters. The van der Waals surface area contributed by atoms with Crippen LogP contribution >= 0.6 is 11.3 Å². The third-order valence-electron chi connectivity index (χ3n) is 2.02. The predicted molar refractivity (Wildman–Crippen MR) is 61.6 cm³/mol. The maximum Gasteiger partial charge on any atom is 0.285 e. The molecule has 90 valence electrons. The molecule has 0 fully saturated rings. The Morgan fingerprint density at radius 1 is 1.59 bits per heavy atom. The van der Waals surface area contributed by atoms with Crippen molar-refractivity contribution in [3.05, 3.63) is 17.2 Å². The number of hydrogen-bond donors (Lipinski definition) is 2. The maximum atomic E-state index is 11.9. The zero-order valence-corrected chi connectivity index (χ0v) is 10.2. The molecule has 0 aliphatic carbocycles. The molecule has 0 spiro atoms. The third kappa shape index (κ3) is 2.56. The lowest BCUT2D eigenvalue weighted by Crippen LogP contribution is -2.26. The van der Waals surface area contributed by atoms with Crippen molar-refractivity contribution in [2.75, 3.05) is 19.4 Å². The van der Waals surface area contributed by atoms with E-state index in [1.54, 1.807) is 14.1 Å². The van der Waals surface area contributed by atoms with Crippen LogP contribution in [0.4, 0.5) is 5.13 Å². The standard InChI is InChI=1S/C8H11N7OS/c1-9-8-14-13-6(17-8)7(16)15(2)3-5-10-4-11-12-5/h4H,3H2,1-2H3,(H,9,14)(H,10,11,12). The van der Waals surface area contributed by atoms with Gasteiger partial charge in [-0.25, -0.2) is 4.98 Å². The summed E-state index contributed by atoms with van der Waals surface area (Å²) in [5.41, 5.74) is 0. The molecule has 0 saturated carbocycles. The van der Waals surface area contributed by atoms with E-state index in [9.17, 15) is 4.79 Å². The van der Waals surface area contributed by atoms with Crippen molar-refractivity contribution >= 4 is 22.4 Å². The molecule has 8 nitrogen and oxygen atoms in total. The average Bonchev–Trinajstić information content (AvgIpc) is 2.98. The lowest BCUT2D eigenvalue weighted by Gasteiger charge is -2.12. The van der Waals surface area contributed by atoms with Gasteiger partial charge in [0.2, 0.25) is 10.1 Å². The lowest BCUT2D eigenvalue weighted by molar-refractivity contribution is 0.0780. The van der Waals surface area contributed by atoms with Crippen molar-refractivity contribution in [2.24, 2.45) is 0 Å². The second-order valence-corrected chi connectivity index (χ2v) is 4.23. The van der Waals surface area contributed by atoms with Crippen LogP contribution in [0.15, 0.2) is 6.33 Å². The molecule has 0 saturated heterocycles. The fraction of sp³-hybridized carbons (Fsp3) is 0.375. The van der Waals surface area contributed by atoms with Crippen molar-refractivity contribution in [1.29, 1.82) is 0 Å². The molecule has 0 radical (unpaired) electrons. The average molecular weight is 253 g/mol. The Bertz CT molecular complexity index is 494. The van der Waals surface area contributed by atoms with Gasteiger partial charge >= 0.3 is 0 Å². The van der Waals surface area contributed by atoms with Gasteiger partial charge in [-0.05, 0) is 0 Å². The van der Waals surface area contributed by atoms with E-state index in [1.807, 2.05) is 0 Å². The van der Waals surface area contributed by atoms with Gasteiger partial charge in [0.15, 0.2) is 0 Å². The van der Waals surface area contributed by atoms with E-state index in [1.165, 1.54) is 22.6 Å². The van der Waals surface area contributed by atoms with Crippen LogP contribution in [-0.4, -0.2) is 50.3 Å². The van der Waals surface area contributed by atoms with Crippen LogP contribution in [0.25, 0.3) is 0 Å². The summed E-state index contributed by atoms with van der Waals surface area (Å²) in [4.78, 5) is 17.4. The summed E-state index contributed by atoms with van der Waals surface area (Å²) in [7, 11) is 3.40. The predicted octanol–water partition coefficient (Wildman–Crippen LogP) is -0.0299. The number of rotatable bonds is 4. The zero-order chi connectivity index (χ0) is 12.3. The maximum absolute atomic E-state index is 11.9. The Morgan fingerprint density at radius 3 is 3.00 bits per heavy atom. The van der Waals surface area contributed by atoms with Crippen molar-refractivity contribution in [3.8, 4) is 0 Å². The second-order valence-electron chi connectivity index (χ2n) is 3.26. The molecule has 0 unspecified atom stereocenters. The number of amides is 1. The Hall–Kier alpha value is -2.03. The number of carbonyl (C=O) groups is 1. The molecule has 17 heavy (non-hydrogen) atoms. The van der Waals surface area contributed by atoms with Crippen molar-refractivity contribution < 1.29 is 4.79 Å². The van der Waals surface area contributed by atoms with Crippen LogP contribution in [0.2, 0.25) is 0 Å². The normalized spacial score (nSPS) is 10.2. The Morgan fingerprint density at radius 2 is 2.41 bits per heavy atom. The summed E-state index contributed by atoms with van der Waals surface area (Å²) in [5, 5.41) is 17.8. The third-order valence-corrected chi connectivity index (χ3v) is 2.95. The molecule has 2 aromatic heterocycles. The van der Waals surface area contributed by atoms with E-state index in [0.717, 1.165) is 0 Å². The number of carbonyl (C=O) groups excluding carboxylic acids is 1. The van der Waals surface area contributed by atoms with E-state index in [4.69, 9.17) is 0 Å². The molecule has 1 amide bonds. The van der Waals surface area contributed by atoms with Crippen LogP contribution in [0.3, 0.4) is 0 Å². The number of nitrogens with one attached hydrogen (secondary N) is 2. The van der Waals surface area contributed by atoms with Gasteiger partial charge in [0, 0.05) is 14.1 Å². The minimum Gasteiger partial charge on any atom is -0.363 e. The Kier molecular flexibility index (Phi) is 3.28. The fourth-order valence-electron chi connectivity index (χ4n) is 1.18. The van der Waals surface area contributed by atoms with Crippen LogP contribution in [0, 0.1) is 0 Å². The topological polar surface area (TPSA) is 99.7 Å². The summed E-state index contributed by atoms with van der Waals surface area (Å²) in [6.45, 7) is 0.354. The largest absolute Gasteiger partial charge is 0.363 e. The van der Waals surface area contributed by atoms with Crippen LogP contribution in [0.5, 0.6) is 0 Å². The minimum absolute atomic E-state index is 0.194. The highest BCUT2D eigenvalue weighted by Crippen LogP contribution is 2.16.